The first-order chi connectivity index (χ1) is 9.13. The first kappa shape index (κ1) is 12.7. The van der Waals surface area contributed by atoms with Crippen LogP contribution in [-0.2, 0) is 4.79 Å². The Kier molecular flexibility index (Phi) is 3.09. The standard InChI is InChI=1S/C16H21NO2/c1-12(13-5-3-2-4-6-13)17-10-7-14(11-17)16(8-9-16)15(18)19/h2-6,12,14H,7-11H2,1H3,(H,18,19)/t12-,14+/m0/s1. The molecular formula is C16H21NO2. The van der Waals surface area contributed by atoms with Crippen molar-refractivity contribution in [3.8, 4) is 0 Å². The second-order valence-corrected chi connectivity index (χ2v) is 6.03. The Labute approximate surface area is 114 Å². The van der Waals surface area contributed by atoms with E-state index in [1.54, 1.807) is 0 Å². The van der Waals surface area contributed by atoms with Crippen LogP contribution in [0, 0.1) is 11.3 Å². The highest BCUT2D eigenvalue weighted by atomic mass is 16.4. The van der Waals surface area contributed by atoms with Crippen molar-refractivity contribution in [3.63, 3.8) is 0 Å². The van der Waals surface area contributed by atoms with Crippen LogP contribution in [0.1, 0.15) is 37.8 Å². The molecule has 3 rings (SSSR count). The van der Waals surface area contributed by atoms with Gasteiger partial charge in [0.25, 0.3) is 0 Å². The number of rotatable bonds is 4. The van der Waals surface area contributed by atoms with Crippen molar-refractivity contribution < 1.29 is 9.90 Å². The number of carboxylic acids is 1. The van der Waals surface area contributed by atoms with Crippen LogP contribution in [0.3, 0.4) is 0 Å². The Balaban J connectivity index is 1.68. The third-order valence-corrected chi connectivity index (χ3v) is 5.05. The topological polar surface area (TPSA) is 40.5 Å². The van der Waals surface area contributed by atoms with Gasteiger partial charge in [0.2, 0.25) is 0 Å². The molecule has 0 radical (unpaired) electrons. The molecule has 1 aromatic carbocycles. The number of likely N-dealkylation sites (tertiary alicyclic amines) is 1. The largest absolute Gasteiger partial charge is 0.481 e. The molecule has 3 nitrogen and oxygen atoms in total. The molecule has 19 heavy (non-hydrogen) atoms. The highest BCUT2D eigenvalue weighted by Crippen LogP contribution is 2.55. The highest BCUT2D eigenvalue weighted by molar-refractivity contribution is 5.78. The van der Waals surface area contributed by atoms with Gasteiger partial charge in [0.05, 0.1) is 5.41 Å². The smallest absolute Gasteiger partial charge is 0.309 e. The summed E-state index contributed by atoms with van der Waals surface area (Å²) in [7, 11) is 0. The molecule has 1 N–H and O–H groups in total. The van der Waals surface area contributed by atoms with Gasteiger partial charge in [-0.15, -0.1) is 0 Å². The molecule has 102 valence electrons. The van der Waals surface area contributed by atoms with Crippen LogP contribution in [-0.4, -0.2) is 29.1 Å². The first-order valence-electron chi connectivity index (χ1n) is 7.16. The van der Waals surface area contributed by atoms with E-state index in [9.17, 15) is 9.90 Å². The zero-order valence-corrected chi connectivity index (χ0v) is 11.4. The van der Waals surface area contributed by atoms with Gasteiger partial charge in [-0.25, -0.2) is 0 Å². The lowest BCUT2D eigenvalue weighted by molar-refractivity contribution is -0.145. The Morgan fingerprint density at radius 2 is 2.05 bits per heavy atom. The van der Waals surface area contributed by atoms with Gasteiger partial charge in [-0.2, -0.15) is 0 Å². The number of aliphatic carboxylic acids is 1. The maximum Gasteiger partial charge on any atom is 0.309 e. The number of carbonyl (C=O) groups is 1. The summed E-state index contributed by atoms with van der Waals surface area (Å²) in [6.45, 7) is 4.18. The molecule has 0 unspecified atom stereocenters. The van der Waals surface area contributed by atoms with Crippen LogP contribution >= 0.6 is 0 Å². The van der Waals surface area contributed by atoms with Crippen molar-refractivity contribution in [1.82, 2.24) is 4.90 Å². The van der Waals surface area contributed by atoms with E-state index >= 15 is 0 Å². The lowest BCUT2D eigenvalue weighted by Gasteiger charge is -2.26. The molecular weight excluding hydrogens is 238 g/mol. The summed E-state index contributed by atoms with van der Waals surface area (Å²) >= 11 is 0. The van der Waals surface area contributed by atoms with E-state index in [1.165, 1.54) is 5.56 Å². The normalized spacial score (nSPS) is 27.1. The molecule has 1 heterocycles. The van der Waals surface area contributed by atoms with Crippen LogP contribution in [0.15, 0.2) is 30.3 Å². The fourth-order valence-corrected chi connectivity index (χ4v) is 3.46. The lowest BCUT2D eigenvalue weighted by atomic mass is 9.88. The third kappa shape index (κ3) is 2.16. The molecule has 2 atom stereocenters. The van der Waals surface area contributed by atoms with Crippen LogP contribution in [0.5, 0.6) is 0 Å². The Morgan fingerprint density at radius 1 is 1.37 bits per heavy atom. The predicted molar refractivity (Wildman–Crippen MR) is 73.8 cm³/mol. The average Bonchev–Trinajstić information content (AvgIpc) is 3.11. The molecule has 1 saturated carbocycles. The zero-order valence-electron chi connectivity index (χ0n) is 11.4. The van der Waals surface area contributed by atoms with Crippen molar-refractivity contribution in [1.29, 1.82) is 0 Å². The van der Waals surface area contributed by atoms with E-state index in [2.05, 4.69) is 36.1 Å². The van der Waals surface area contributed by atoms with Crippen LogP contribution < -0.4 is 0 Å². The van der Waals surface area contributed by atoms with Crippen LogP contribution in [0.2, 0.25) is 0 Å². The molecule has 0 aromatic heterocycles. The van der Waals surface area contributed by atoms with Crippen molar-refractivity contribution >= 4 is 5.97 Å². The summed E-state index contributed by atoms with van der Waals surface area (Å²) in [5.74, 6) is -0.233. The van der Waals surface area contributed by atoms with E-state index in [-0.39, 0.29) is 5.41 Å². The van der Waals surface area contributed by atoms with E-state index in [0.717, 1.165) is 32.4 Å². The monoisotopic (exact) mass is 259 g/mol. The second-order valence-electron chi connectivity index (χ2n) is 6.03. The Bertz CT molecular complexity index is 467. The quantitative estimate of drug-likeness (QED) is 0.903. The van der Waals surface area contributed by atoms with Crippen LogP contribution in [0.4, 0.5) is 0 Å². The van der Waals surface area contributed by atoms with Crippen molar-refractivity contribution in [2.45, 2.75) is 32.2 Å². The highest BCUT2D eigenvalue weighted by Gasteiger charge is 2.57. The Morgan fingerprint density at radius 3 is 2.63 bits per heavy atom. The maximum absolute atomic E-state index is 11.4. The molecule has 3 heteroatoms. The first-order valence-corrected chi connectivity index (χ1v) is 7.16. The molecule has 2 aliphatic rings. The van der Waals surface area contributed by atoms with Gasteiger partial charge < -0.3 is 5.11 Å². The van der Waals surface area contributed by atoms with Gasteiger partial charge in [0.1, 0.15) is 0 Å². The summed E-state index contributed by atoms with van der Waals surface area (Å²) in [6.07, 6.45) is 2.78. The second kappa shape index (κ2) is 4.64. The van der Waals surface area contributed by atoms with Gasteiger partial charge in [-0.1, -0.05) is 30.3 Å². The van der Waals surface area contributed by atoms with Gasteiger partial charge in [-0.05, 0) is 44.2 Å². The minimum Gasteiger partial charge on any atom is -0.481 e. The predicted octanol–water partition coefficient (Wildman–Crippen LogP) is 2.93. The van der Waals surface area contributed by atoms with Gasteiger partial charge in [-0.3, -0.25) is 9.69 Å². The summed E-state index contributed by atoms with van der Waals surface area (Å²) in [4.78, 5) is 13.8. The minimum absolute atomic E-state index is 0.344. The average molecular weight is 259 g/mol. The van der Waals surface area contributed by atoms with Gasteiger partial charge in [0, 0.05) is 12.6 Å². The molecule has 1 aromatic rings. The fourth-order valence-electron chi connectivity index (χ4n) is 3.46. The molecule has 0 amide bonds. The van der Waals surface area contributed by atoms with Crippen molar-refractivity contribution in [2.75, 3.05) is 13.1 Å². The van der Waals surface area contributed by atoms with E-state index in [4.69, 9.17) is 0 Å². The molecule has 0 bridgehead atoms. The SMILES string of the molecule is C[C@@H](c1ccccc1)N1CC[C@@H](C2(C(=O)O)CC2)C1. The van der Waals surface area contributed by atoms with E-state index < -0.39 is 5.97 Å². The maximum atomic E-state index is 11.4. The van der Waals surface area contributed by atoms with E-state index in [1.807, 2.05) is 6.07 Å². The number of benzene rings is 1. The number of nitrogens with zero attached hydrogens (tertiary/aromatic N) is 1. The molecule has 1 aliphatic heterocycles. The third-order valence-electron chi connectivity index (χ3n) is 5.05. The molecule has 1 aliphatic carbocycles. The molecule has 1 saturated heterocycles. The number of hydrogen-bond donors (Lipinski definition) is 1. The van der Waals surface area contributed by atoms with E-state index in [0.29, 0.717) is 12.0 Å². The minimum atomic E-state index is -0.577. The van der Waals surface area contributed by atoms with Crippen molar-refractivity contribution in [3.05, 3.63) is 35.9 Å². The molecule has 2 fully saturated rings. The number of carboxylic acid groups (broad SMARTS) is 1. The Hall–Kier alpha value is -1.35. The van der Waals surface area contributed by atoms with Gasteiger partial charge in [0.15, 0.2) is 0 Å². The summed E-state index contributed by atoms with van der Waals surface area (Å²) in [6, 6.07) is 10.9. The molecule has 0 spiro atoms. The lowest BCUT2D eigenvalue weighted by Crippen LogP contribution is -2.30. The summed E-state index contributed by atoms with van der Waals surface area (Å²) in [5.41, 5.74) is 0.939. The van der Waals surface area contributed by atoms with Crippen LogP contribution in [0.25, 0.3) is 0 Å². The summed E-state index contributed by atoms with van der Waals surface area (Å²) in [5, 5.41) is 9.39. The van der Waals surface area contributed by atoms with Gasteiger partial charge >= 0.3 is 5.97 Å². The zero-order chi connectivity index (χ0) is 13.5. The fraction of sp³-hybridized carbons (Fsp3) is 0.562. The van der Waals surface area contributed by atoms with Crippen molar-refractivity contribution in [2.24, 2.45) is 11.3 Å². The number of hydrogen-bond acceptors (Lipinski definition) is 2. The summed E-state index contributed by atoms with van der Waals surface area (Å²) < 4.78 is 0.